The summed E-state index contributed by atoms with van der Waals surface area (Å²) in [5.74, 6) is 0.718. The number of nitrogens with zero attached hydrogens (tertiary/aromatic N) is 1. The van der Waals surface area contributed by atoms with Crippen molar-refractivity contribution in [1.82, 2.24) is 5.32 Å². The third kappa shape index (κ3) is 2.24. The third-order valence-electron chi connectivity index (χ3n) is 3.37. The van der Waals surface area contributed by atoms with Crippen LogP contribution in [-0.4, -0.2) is 24.1 Å². The van der Waals surface area contributed by atoms with E-state index in [1.165, 1.54) is 6.07 Å². The Morgan fingerprint density at radius 3 is 2.68 bits per heavy atom. The minimum absolute atomic E-state index is 0.118. The molecule has 3 rings (SSSR count). The summed E-state index contributed by atoms with van der Waals surface area (Å²) in [4.78, 5) is 10.7. The van der Waals surface area contributed by atoms with Crippen molar-refractivity contribution in [2.24, 2.45) is 0 Å². The molecular weight excluding hydrogens is 244 g/mol. The Morgan fingerprint density at radius 2 is 2.00 bits per heavy atom. The van der Waals surface area contributed by atoms with E-state index in [9.17, 15) is 10.1 Å². The summed E-state index contributed by atoms with van der Waals surface area (Å²) >= 11 is 0. The number of nitrogens with one attached hydrogen (secondary N) is 1. The smallest absolute Gasteiger partial charge is 0.277 e. The van der Waals surface area contributed by atoms with E-state index in [0.717, 1.165) is 30.6 Å². The zero-order valence-corrected chi connectivity index (χ0v) is 10.3. The summed E-state index contributed by atoms with van der Waals surface area (Å²) in [6, 6.07) is 10.5. The van der Waals surface area contributed by atoms with Crippen molar-refractivity contribution >= 4 is 16.5 Å². The van der Waals surface area contributed by atoms with Crippen molar-refractivity contribution in [3.05, 3.63) is 46.5 Å². The largest absolute Gasteiger partial charge is 0.488 e. The molecule has 1 aliphatic heterocycles. The molecule has 0 aromatic heterocycles. The van der Waals surface area contributed by atoms with Crippen molar-refractivity contribution in [1.29, 1.82) is 0 Å². The second-order valence-corrected chi connectivity index (χ2v) is 4.62. The number of ether oxygens (including phenoxy) is 1. The first-order valence-electron chi connectivity index (χ1n) is 6.29. The quantitative estimate of drug-likeness (QED) is 0.678. The van der Waals surface area contributed by atoms with Gasteiger partial charge in [-0.25, -0.2) is 0 Å². The van der Waals surface area contributed by atoms with Crippen LogP contribution in [0.15, 0.2) is 36.4 Å². The fourth-order valence-corrected chi connectivity index (χ4v) is 2.43. The van der Waals surface area contributed by atoms with Gasteiger partial charge in [0.25, 0.3) is 5.69 Å². The molecular formula is C14H14N2O3. The maximum Gasteiger partial charge on any atom is 0.277 e. The number of fused-ring (bicyclic) bond motifs is 1. The van der Waals surface area contributed by atoms with E-state index in [1.807, 2.05) is 12.1 Å². The van der Waals surface area contributed by atoms with Gasteiger partial charge in [0.1, 0.15) is 11.9 Å². The molecule has 0 bridgehead atoms. The standard InChI is InChI=1S/C14H14N2O3/c17-16(18)13-5-6-14(19-10-7-8-15-9-10)12-4-2-1-3-11(12)13/h1-6,10,15H,7-9H2/t10-/m1/s1. The molecule has 0 aliphatic carbocycles. The van der Waals surface area contributed by atoms with E-state index in [2.05, 4.69) is 5.32 Å². The molecule has 0 spiro atoms. The molecule has 1 heterocycles. The highest BCUT2D eigenvalue weighted by atomic mass is 16.6. The van der Waals surface area contributed by atoms with Gasteiger partial charge < -0.3 is 10.1 Å². The average molecular weight is 258 g/mol. The van der Waals surface area contributed by atoms with Crippen molar-refractivity contribution in [3.63, 3.8) is 0 Å². The molecule has 1 saturated heterocycles. The Balaban J connectivity index is 2.05. The van der Waals surface area contributed by atoms with Crippen LogP contribution in [-0.2, 0) is 0 Å². The highest BCUT2D eigenvalue weighted by Crippen LogP contribution is 2.33. The Kier molecular flexibility index (Phi) is 3.05. The summed E-state index contributed by atoms with van der Waals surface area (Å²) in [7, 11) is 0. The number of non-ortho nitro benzene ring substituents is 1. The number of nitro groups is 1. The number of hydrogen-bond donors (Lipinski definition) is 1. The lowest BCUT2D eigenvalue weighted by Crippen LogP contribution is -2.19. The van der Waals surface area contributed by atoms with Crippen molar-refractivity contribution in [3.8, 4) is 5.75 Å². The molecule has 1 N–H and O–H groups in total. The summed E-state index contributed by atoms with van der Waals surface area (Å²) in [6.07, 6.45) is 1.11. The highest BCUT2D eigenvalue weighted by molar-refractivity contribution is 5.95. The zero-order chi connectivity index (χ0) is 13.2. The number of nitro benzene ring substituents is 1. The molecule has 5 heteroatoms. The van der Waals surface area contributed by atoms with E-state index < -0.39 is 0 Å². The molecule has 98 valence electrons. The van der Waals surface area contributed by atoms with Crippen LogP contribution in [0.5, 0.6) is 5.75 Å². The number of rotatable bonds is 3. The van der Waals surface area contributed by atoms with Gasteiger partial charge in [-0.3, -0.25) is 10.1 Å². The topological polar surface area (TPSA) is 64.4 Å². The molecule has 0 radical (unpaired) electrons. The first-order valence-corrected chi connectivity index (χ1v) is 6.29. The molecule has 2 aromatic carbocycles. The van der Waals surface area contributed by atoms with Crippen LogP contribution in [0.3, 0.4) is 0 Å². The monoisotopic (exact) mass is 258 g/mol. The van der Waals surface area contributed by atoms with Crippen molar-refractivity contribution < 1.29 is 9.66 Å². The summed E-state index contributed by atoms with van der Waals surface area (Å²) < 4.78 is 5.94. The van der Waals surface area contributed by atoms with Gasteiger partial charge in [0, 0.05) is 18.0 Å². The van der Waals surface area contributed by atoms with Gasteiger partial charge in [0.15, 0.2) is 0 Å². The SMILES string of the molecule is O=[N+]([O-])c1ccc(O[C@@H]2CCNC2)c2ccccc12. The minimum Gasteiger partial charge on any atom is -0.488 e. The van der Waals surface area contributed by atoms with Gasteiger partial charge in [-0.2, -0.15) is 0 Å². The molecule has 0 amide bonds. The molecule has 1 aliphatic rings. The van der Waals surface area contributed by atoms with Crippen molar-refractivity contribution in [2.75, 3.05) is 13.1 Å². The lowest BCUT2D eigenvalue weighted by molar-refractivity contribution is -0.383. The van der Waals surface area contributed by atoms with Crippen LogP contribution in [0.2, 0.25) is 0 Å². The number of benzene rings is 2. The zero-order valence-electron chi connectivity index (χ0n) is 10.3. The van der Waals surface area contributed by atoms with E-state index >= 15 is 0 Å². The Labute approximate surface area is 110 Å². The van der Waals surface area contributed by atoms with Crippen LogP contribution in [0, 0.1) is 10.1 Å². The molecule has 0 saturated carbocycles. The van der Waals surface area contributed by atoms with E-state index in [1.54, 1.807) is 18.2 Å². The van der Waals surface area contributed by atoms with E-state index in [4.69, 9.17) is 4.74 Å². The van der Waals surface area contributed by atoms with Gasteiger partial charge in [-0.15, -0.1) is 0 Å². The van der Waals surface area contributed by atoms with Gasteiger partial charge in [0.05, 0.1) is 10.3 Å². The summed E-state index contributed by atoms with van der Waals surface area (Å²) in [5, 5.41) is 15.7. The number of hydrogen-bond acceptors (Lipinski definition) is 4. The third-order valence-corrected chi connectivity index (χ3v) is 3.37. The van der Waals surface area contributed by atoms with Gasteiger partial charge in [0.2, 0.25) is 0 Å². The maximum absolute atomic E-state index is 11.0. The summed E-state index contributed by atoms with van der Waals surface area (Å²) in [5.41, 5.74) is 0.118. The maximum atomic E-state index is 11.0. The minimum atomic E-state index is -0.358. The van der Waals surface area contributed by atoms with Gasteiger partial charge in [-0.1, -0.05) is 18.2 Å². The fourth-order valence-electron chi connectivity index (χ4n) is 2.43. The Morgan fingerprint density at radius 1 is 1.21 bits per heavy atom. The van der Waals surface area contributed by atoms with Crippen LogP contribution >= 0.6 is 0 Å². The lowest BCUT2D eigenvalue weighted by Gasteiger charge is -2.14. The van der Waals surface area contributed by atoms with Crippen molar-refractivity contribution in [2.45, 2.75) is 12.5 Å². The predicted octanol–water partition coefficient (Wildman–Crippen LogP) is 2.49. The fraction of sp³-hybridized carbons (Fsp3) is 0.286. The van der Waals surface area contributed by atoms with Gasteiger partial charge in [-0.05, 0) is 25.1 Å². The Bertz CT molecular complexity index is 621. The average Bonchev–Trinajstić information content (AvgIpc) is 2.91. The lowest BCUT2D eigenvalue weighted by atomic mass is 10.1. The van der Waals surface area contributed by atoms with Gasteiger partial charge >= 0.3 is 0 Å². The Hall–Kier alpha value is -2.14. The molecule has 1 fully saturated rings. The second kappa shape index (κ2) is 4.85. The second-order valence-electron chi connectivity index (χ2n) is 4.62. The summed E-state index contributed by atoms with van der Waals surface area (Å²) in [6.45, 7) is 1.78. The predicted molar refractivity (Wildman–Crippen MR) is 72.5 cm³/mol. The molecule has 5 nitrogen and oxygen atoms in total. The molecule has 2 aromatic rings. The molecule has 0 unspecified atom stereocenters. The molecule has 19 heavy (non-hydrogen) atoms. The van der Waals surface area contributed by atoms with Crippen LogP contribution in [0.1, 0.15) is 6.42 Å². The normalized spacial score (nSPS) is 18.6. The van der Waals surface area contributed by atoms with E-state index in [-0.39, 0.29) is 16.7 Å². The van der Waals surface area contributed by atoms with Crippen LogP contribution in [0.4, 0.5) is 5.69 Å². The highest BCUT2D eigenvalue weighted by Gasteiger charge is 2.19. The molecule has 1 atom stereocenters. The van der Waals surface area contributed by atoms with Crippen LogP contribution in [0.25, 0.3) is 10.8 Å². The first-order chi connectivity index (χ1) is 9.25. The van der Waals surface area contributed by atoms with Crippen LogP contribution < -0.4 is 10.1 Å². The van der Waals surface area contributed by atoms with E-state index in [0.29, 0.717) is 5.39 Å². The first kappa shape index (κ1) is 11.9.